The van der Waals surface area contributed by atoms with Crippen LogP contribution in [0.4, 0.5) is 4.39 Å². The zero-order valence-corrected chi connectivity index (χ0v) is 20.3. The lowest BCUT2D eigenvalue weighted by Crippen LogP contribution is -2.46. The average molecular weight is 496 g/mol. The van der Waals surface area contributed by atoms with E-state index in [9.17, 15) is 22.4 Å². The van der Waals surface area contributed by atoms with E-state index in [1.807, 2.05) is 6.92 Å². The Morgan fingerprint density at radius 3 is 2.61 bits per heavy atom. The van der Waals surface area contributed by atoms with Crippen LogP contribution >= 0.6 is 11.6 Å². The molecule has 178 valence electrons. The Kier molecular flexibility index (Phi) is 7.76. The summed E-state index contributed by atoms with van der Waals surface area (Å²) >= 11 is 5.76. The minimum absolute atomic E-state index is 0.00556. The van der Waals surface area contributed by atoms with Crippen LogP contribution in [0.25, 0.3) is 0 Å². The van der Waals surface area contributed by atoms with Crippen molar-refractivity contribution in [3.05, 3.63) is 64.4 Å². The summed E-state index contributed by atoms with van der Waals surface area (Å²) in [7, 11) is -0.864. The summed E-state index contributed by atoms with van der Waals surface area (Å²) in [4.78, 5) is 27.7. The van der Waals surface area contributed by atoms with Crippen LogP contribution in [0.5, 0.6) is 0 Å². The van der Waals surface area contributed by atoms with Crippen LogP contribution in [0.2, 0.25) is 5.02 Å². The number of amides is 2. The molecule has 0 radical (unpaired) electrons. The van der Waals surface area contributed by atoms with Crippen LogP contribution < -0.4 is 5.32 Å². The maximum atomic E-state index is 13.9. The molecule has 0 aliphatic carbocycles. The van der Waals surface area contributed by atoms with Gasteiger partial charge in [-0.05, 0) is 55.2 Å². The molecule has 3 rings (SSSR count). The van der Waals surface area contributed by atoms with E-state index < -0.39 is 33.8 Å². The zero-order chi connectivity index (χ0) is 24.3. The van der Waals surface area contributed by atoms with Gasteiger partial charge in [-0.25, -0.2) is 17.1 Å². The van der Waals surface area contributed by atoms with Gasteiger partial charge in [0.25, 0.3) is 5.91 Å². The SMILES string of the molecule is CC[C@@H](NC(=O)[C@H]1CCCN1C(=O)c1cccc(S(=O)(=O)N(C)C)c1)c1ccc(Cl)c(F)c1. The van der Waals surface area contributed by atoms with Crippen LogP contribution in [0, 0.1) is 5.82 Å². The molecule has 0 spiro atoms. The topological polar surface area (TPSA) is 86.8 Å². The molecular formula is C23H27ClFN3O4S. The second-order valence-electron chi connectivity index (χ2n) is 8.11. The minimum atomic E-state index is -3.70. The maximum absolute atomic E-state index is 13.9. The lowest BCUT2D eigenvalue weighted by atomic mass is 10.0. The van der Waals surface area contributed by atoms with Crippen molar-refractivity contribution in [1.82, 2.24) is 14.5 Å². The van der Waals surface area contributed by atoms with Crippen LogP contribution in [-0.4, -0.2) is 56.1 Å². The minimum Gasteiger partial charge on any atom is -0.348 e. The molecule has 2 aromatic rings. The number of nitrogens with one attached hydrogen (secondary N) is 1. The smallest absolute Gasteiger partial charge is 0.254 e. The van der Waals surface area contributed by atoms with Crippen molar-refractivity contribution in [2.24, 2.45) is 0 Å². The second kappa shape index (κ2) is 10.2. The van der Waals surface area contributed by atoms with E-state index in [0.717, 1.165) is 4.31 Å². The molecule has 0 bridgehead atoms. The van der Waals surface area contributed by atoms with Gasteiger partial charge in [-0.2, -0.15) is 0 Å². The van der Waals surface area contributed by atoms with Crippen molar-refractivity contribution < 1.29 is 22.4 Å². The fraction of sp³-hybridized carbons (Fsp3) is 0.391. The Morgan fingerprint density at radius 1 is 1.24 bits per heavy atom. The van der Waals surface area contributed by atoms with Gasteiger partial charge < -0.3 is 10.2 Å². The first-order chi connectivity index (χ1) is 15.6. The van der Waals surface area contributed by atoms with Gasteiger partial charge in [0.15, 0.2) is 0 Å². The third kappa shape index (κ3) is 5.37. The fourth-order valence-corrected chi connectivity index (χ4v) is 4.93. The molecule has 0 aromatic heterocycles. The molecule has 33 heavy (non-hydrogen) atoms. The monoisotopic (exact) mass is 495 g/mol. The first-order valence-electron chi connectivity index (χ1n) is 10.6. The number of benzene rings is 2. The van der Waals surface area contributed by atoms with Crippen LogP contribution in [0.3, 0.4) is 0 Å². The van der Waals surface area contributed by atoms with Gasteiger partial charge in [-0.15, -0.1) is 0 Å². The second-order valence-corrected chi connectivity index (χ2v) is 10.7. The van der Waals surface area contributed by atoms with E-state index in [0.29, 0.717) is 31.4 Å². The van der Waals surface area contributed by atoms with Gasteiger partial charge in [0, 0.05) is 26.2 Å². The molecule has 1 N–H and O–H groups in total. The number of halogens is 2. The third-order valence-corrected chi connectivity index (χ3v) is 7.86. The normalized spacial score (nSPS) is 17.3. The van der Waals surface area contributed by atoms with Gasteiger partial charge in [0.2, 0.25) is 15.9 Å². The molecule has 2 aromatic carbocycles. The number of hydrogen-bond acceptors (Lipinski definition) is 4. The highest BCUT2D eigenvalue weighted by Gasteiger charge is 2.35. The van der Waals surface area contributed by atoms with Crippen molar-refractivity contribution in [2.75, 3.05) is 20.6 Å². The van der Waals surface area contributed by atoms with Crippen molar-refractivity contribution in [2.45, 2.75) is 43.2 Å². The van der Waals surface area contributed by atoms with E-state index in [1.54, 1.807) is 6.07 Å². The summed E-state index contributed by atoms with van der Waals surface area (Å²) in [6.45, 7) is 2.25. The molecule has 0 unspecified atom stereocenters. The maximum Gasteiger partial charge on any atom is 0.254 e. The Morgan fingerprint density at radius 2 is 1.97 bits per heavy atom. The quantitative estimate of drug-likeness (QED) is 0.635. The van der Waals surface area contributed by atoms with Crippen molar-refractivity contribution >= 4 is 33.4 Å². The number of nitrogens with zero attached hydrogens (tertiary/aromatic N) is 2. The van der Waals surface area contributed by atoms with Gasteiger partial charge >= 0.3 is 0 Å². The number of carbonyl (C=O) groups is 2. The fourth-order valence-electron chi connectivity index (χ4n) is 3.87. The molecule has 1 aliphatic rings. The molecule has 1 saturated heterocycles. The lowest BCUT2D eigenvalue weighted by molar-refractivity contribution is -0.125. The number of likely N-dealkylation sites (tertiary alicyclic amines) is 1. The summed E-state index contributed by atoms with van der Waals surface area (Å²) in [5.41, 5.74) is 0.787. The van der Waals surface area contributed by atoms with E-state index >= 15 is 0 Å². The molecule has 1 aliphatic heterocycles. The standard InChI is InChI=1S/C23H27ClFN3O4S/c1-4-20(15-10-11-18(24)19(25)14-15)26-22(29)21-9-6-12-28(21)23(30)16-7-5-8-17(13-16)33(31,32)27(2)3/h5,7-8,10-11,13-14,20-21H,4,6,9,12H2,1-3H3,(H,26,29)/t20-,21-/m1/s1. The van der Waals surface area contributed by atoms with Crippen LogP contribution in [0.1, 0.15) is 48.1 Å². The van der Waals surface area contributed by atoms with Crippen molar-refractivity contribution in [3.63, 3.8) is 0 Å². The molecule has 10 heteroatoms. The highest BCUT2D eigenvalue weighted by Crippen LogP contribution is 2.26. The number of hydrogen-bond donors (Lipinski definition) is 1. The number of rotatable bonds is 7. The Labute approximate surface area is 198 Å². The summed E-state index contributed by atoms with van der Waals surface area (Å²) in [6.07, 6.45) is 1.66. The molecular weight excluding hydrogens is 469 g/mol. The number of carbonyl (C=O) groups excluding carboxylic acids is 2. The Balaban J connectivity index is 1.79. The van der Waals surface area contributed by atoms with E-state index in [2.05, 4.69) is 5.32 Å². The van der Waals surface area contributed by atoms with Crippen molar-refractivity contribution in [1.29, 1.82) is 0 Å². The highest BCUT2D eigenvalue weighted by atomic mass is 35.5. The molecule has 0 saturated carbocycles. The largest absolute Gasteiger partial charge is 0.348 e. The van der Waals surface area contributed by atoms with E-state index in [1.165, 1.54) is 55.4 Å². The van der Waals surface area contributed by atoms with Crippen LogP contribution in [-0.2, 0) is 14.8 Å². The van der Waals surface area contributed by atoms with Gasteiger partial charge in [-0.3, -0.25) is 9.59 Å². The molecule has 2 atom stereocenters. The molecule has 1 fully saturated rings. The van der Waals surface area contributed by atoms with Gasteiger partial charge in [0.1, 0.15) is 11.9 Å². The predicted octanol–water partition coefficient (Wildman–Crippen LogP) is 3.60. The Bertz CT molecular complexity index is 1160. The molecule has 2 amide bonds. The van der Waals surface area contributed by atoms with Crippen molar-refractivity contribution in [3.8, 4) is 0 Å². The molecule has 1 heterocycles. The summed E-state index contributed by atoms with van der Waals surface area (Å²) in [5.74, 6) is -1.30. The average Bonchev–Trinajstić information content (AvgIpc) is 3.28. The van der Waals surface area contributed by atoms with E-state index in [4.69, 9.17) is 11.6 Å². The van der Waals surface area contributed by atoms with Gasteiger partial charge in [0.05, 0.1) is 16.0 Å². The van der Waals surface area contributed by atoms with Gasteiger partial charge in [-0.1, -0.05) is 30.7 Å². The first-order valence-corrected chi connectivity index (χ1v) is 12.5. The van der Waals surface area contributed by atoms with E-state index in [-0.39, 0.29) is 21.4 Å². The summed E-state index contributed by atoms with van der Waals surface area (Å²) in [5, 5.41) is 2.92. The first kappa shape index (κ1) is 25.1. The lowest BCUT2D eigenvalue weighted by Gasteiger charge is -2.27. The third-order valence-electron chi connectivity index (χ3n) is 5.75. The predicted molar refractivity (Wildman–Crippen MR) is 124 cm³/mol. The highest BCUT2D eigenvalue weighted by molar-refractivity contribution is 7.89. The zero-order valence-electron chi connectivity index (χ0n) is 18.7. The Hall–Kier alpha value is -2.49. The van der Waals surface area contributed by atoms with Crippen LogP contribution in [0.15, 0.2) is 47.4 Å². The number of sulfonamides is 1. The molecule has 7 nitrogen and oxygen atoms in total. The summed E-state index contributed by atoms with van der Waals surface area (Å²) in [6, 6.07) is 9.08. The summed E-state index contributed by atoms with van der Waals surface area (Å²) < 4.78 is 39.8.